The fourth-order valence-corrected chi connectivity index (χ4v) is 4.25. The number of nitro groups is 1. The van der Waals surface area contributed by atoms with Gasteiger partial charge >= 0.3 is 7.60 Å². The van der Waals surface area contributed by atoms with Crippen molar-refractivity contribution in [2.45, 2.75) is 52.6 Å². The van der Waals surface area contributed by atoms with Crippen LogP contribution in [0.2, 0.25) is 0 Å². The van der Waals surface area contributed by atoms with E-state index in [0.717, 1.165) is 6.07 Å². The van der Waals surface area contributed by atoms with E-state index in [0.29, 0.717) is 5.56 Å². The van der Waals surface area contributed by atoms with Crippen LogP contribution in [0.3, 0.4) is 0 Å². The molecule has 0 radical (unpaired) electrons. The van der Waals surface area contributed by atoms with Crippen molar-refractivity contribution in [3.63, 3.8) is 0 Å². The van der Waals surface area contributed by atoms with Gasteiger partial charge in [-0.2, -0.15) is 0 Å². The Kier molecular flexibility index (Phi) is 7.65. The molecule has 0 spiro atoms. The van der Waals surface area contributed by atoms with Crippen molar-refractivity contribution in [1.29, 1.82) is 0 Å². The summed E-state index contributed by atoms with van der Waals surface area (Å²) in [6, 6.07) is 3.79. The Labute approximate surface area is 157 Å². The number of rotatable bonds is 9. The van der Waals surface area contributed by atoms with Crippen LogP contribution in [0.5, 0.6) is 0 Å². The molecule has 0 saturated heterocycles. The lowest BCUT2D eigenvalue weighted by atomic mass is 10.1. The first kappa shape index (κ1) is 22.8. The quantitative estimate of drug-likeness (QED) is 0.366. The van der Waals surface area contributed by atoms with E-state index < -0.39 is 42.3 Å². The normalized spacial score (nSPS) is 12.9. The molecule has 10 nitrogen and oxygen atoms in total. The number of amides is 2. The number of aryl methyl sites for hydroxylation is 1. The summed E-state index contributed by atoms with van der Waals surface area (Å²) in [6.07, 6.45) is -1.15. The molecule has 27 heavy (non-hydrogen) atoms. The van der Waals surface area contributed by atoms with Gasteiger partial charge in [-0.3, -0.25) is 24.3 Å². The average molecular weight is 401 g/mol. The predicted molar refractivity (Wildman–Crippen MR) is 98.3 cm³/mol. The van der Waals surface area contributed by atoms with Gasteiger partial charge in [-0.25, -0.2) is 0 Å². The third kappa shape index (κ3) is 6.13. The second-order valence-electron chi connectivity index (χ2n) is 6.38. The largest absolute Gasteiger partial charge is 0.367 e. The highest BCUT2D eigenvalue weighted by Gasteiger charge is 2.43. The molecule has 1 atom stereocenters. The van der Waals surface area contributed by atoms with Crippen LogP contribution in [-0.2, 0) is 18.4 Å². The fraction of sp³-hybridized carbons (Fsp3) is 0.500. The Morgan fingerprint density at radius 3 is 2.11 bits per heavy atom. The predicted octanol–water partition coefficient (Wildman–Crippen LogP) is 2.49. The highest BCUT2D eigenvalue weighted by molar-refractivity contribution is 7.55. The Balaban J connectivity index is 3.23. The van der Waals surface area contributed by atoms with Gasteiger partial charge in [0, 0.05) is 17.2 Å². The van der Waals surface area contributed by atoms with E-state index in [2.05, 4.69) is 5.32 Å². The van der Waals surface area contributed by atoms with E-state index in [1.807, 2.05) is 0 Å². The van der Waals surface area contributed by atoms with Gasteiger partial charge in [-0.15, -0.1) is 0 Å². The third-order valence-electron chi connectivity index (χ3n) is 3.24. The van der Waals surface area contributed by atoms with Crippen molar-refractivity contribution in [1.82, 2.24) is 5.32 Å². The van der Waals surface area contributed by atoms with Crippen molar-refractivity contribution in [3.8, 4) is 0 Å². The number of hydrogen-bond donors (Lipinski definition) is 2. The molecule has 0 saturated carbocycles. The lowest BCUT2D eigenvalue weighted by Gasteiger charge is -2.28. The minimum atomic E-state index is -4.15. The molecule has 0 bridgehead atoms. The highest BCUT2D eigenvalue weighted by Crippen LogP contribution is 2.54. The lowest BCUT2D eigenvalue weighted by molar-refractivity contribution is -0.385. The van der Waals surface area contributed by atoms with Gasteiger partial charge in [-0.1, -0.05) is 6.07 Å². The molecular formula is C16H24N3O7P. The van der Waals surface area contributed by atoms with Gasteiger partial charge in [0.15, 0.2) is 0 Å². The van der Waals surface area contributed by atoms with Gasteiger partial charge < -0.3 is 20.1 Å². The van der Waals surface area contributed by atoms with Gasteiger partial charge in [0.1, 0.15) is 0 Å². The summed E-state index contributed by atoms with van der Waals surface area (Å²) >= 11 is 0. The van der Waals surface area contributed by atoms with Gasteiger partial charge in [-0.05, 0) is 40.7 Å². The lowest BCUT2D eigenvalue weighted by Crippen LogP contribution is -2.45. The van der Waals surface area contributed by atoms with E-state index in [9.17, 15) is 24.3 Å². The van der Waals surface area contributed by atoms with Gasteiger partial charge in [0.25, 0.3) is 17.5 Å². The molecular weight excluding hydrogens is 377 g/mol. The number of nitrogens with one attached hydrogen (secondary N) is 1. The summed E-state index contributed by atoms with van der Waals surface area (Å²) in [5, 5.41) is 13.3. The van der Waals surface area contributed by atoms with E-state index in [1.54, 1.807) is 27.7 Å². The van der Waals surface area contributed by atoms with Crippen LogP contribution < -0.4 is 11.1 Å². The topological polar surface area (TPSA) is 151 Å². The van der Waals surface area contributed by atoms with Crippen molar-refractivity contribution < 1.29 is 28.1 Å². The van der Waals surface area contributed by atoms with Crippen molar-refractivity contribution in [2.75, 3.05) is 0 Å². The second-order valence-corrected chi connectivity index (χ2v) is 8.40. The maximum atomic E-state index is 13.1. The first-order chi connectivity index (χ1) is 12.4. The first-order valence-corrected chi connectivity index (χ1v) is 9.80. The van der Waals surface area contributed by atoms with Crippen molar-refractivity contribution in [3.05, 3.63) is 39.4 Å². The van der Waals surface area contributed by atoms with Crippen LogP contribution in [0.4, 0.5) is 5.69 Å². The van der Waals surface area contributed by atoms with Crippen LogP contribution in [0.25, 0.3) is 0 Å². The molecule has 0 fully saturated rings. The zero-order valence-electron chi connectivity index (χ0n) is 15.8. The molecule has 0 aliphatic heterocycles. The fourth-order valence-electron chi connectivity index (χ4n) is 2.20. The average Bonchev–Trinajstić information content (AvgIpc) is 2.50. The minimum absolute atomic E-state index is 0.0980. The molecule has 1 aromatic carbocycles. The van der Waals surface area contributed by atoms with Gasteiger partial charge in [0.2, 0.25) is 5.78 Å². The highest BCUT2D eigenvalue weighted by atomic mass is 31.2. The van der Waals surface area contributed by atoms with E-state index >= 15 is 0 Å². The summed E-state index contributed by atoms with van der Waals surface area (Å²) in [5.74, 6) is -3.74. The van der Waals surface area contributed by atoms with Gasteiger partial charge in [0.05, 0.1) is 17.1 Å². The number of primary amides is 1. The number of benzene rings is 1. The number of hydrogen-bond acceptors (Lipinski definition) is 7. The maximum absolute atomic E-state index is 13.1. The number of nitrogens with two attached hydrogens (primary N) is 1. The molecule has 2 amide bonds. The summed E-state index contributed by atoms with van der Waals surface area (Å²) in [4.78, 5) is 34.8. The number of carbonyl (C=O) groups excluding carboxylic acids is 2. The zero-order valence-corrected chi connectivity index (χ0v) is 16.7. The summed E-state index contributed by atoms with van der Waals surface area (Å²) < 4.78 is 23.7. The number of nitro benzene ring substituents is 1. The van der Waals surface area contributed by atoms with Crippen LogP contribution in [-0.4, -0.2) is 34.7 Å². The Morgan fingerprint density at radius 1 is 1.19 bits per heavy atom. The molecule has 0 aliphatic carbocycles. The second kappa shape index (κ2) is 9.07. The van der Waals surface area contributed by atoms with Crippen LogP contribution in [0.15, 0.2) is 18.2 Å². The molecule has 0 aliphatic rings. The Bertz CT molecular complexity index is 765. The molecule has 0 unspecified atom stereocenters. The number of carbonyl (C=O) groups is 2. The van der Waals surface area contributed by atoms with E-state index in [1.165, 1.54) is 19.1 Å². The van der Waals surface area contributed by atoms with Crippen LogP contribution in [0.1, 0.15) is 43.6 Å². The van der Waals surface area contributed by atoms with Crippen LogP contribution in [0, 0.1) is 17.0 Å². The third-order valence-corrected chi connectivity index (χ3v) is 5.68. The Morgan fingerprint density at radius 2 is 1.70 bits per heavy atom. The molecule has 1 rings (SSSR count). The smallest absolute Gasteiger partial charge is 0.362 e. The molecule has 1 aromatic rings. The summed E-state index contributed by atoms with van der Waals surface area (Å²) in [6.45, 7) is 7.85. The van der Waals surface area contributed by atoms with E-state index in [4.69, 9.17) is 14.8 Å². The van der Waals surface area contributed by atoms with Crippen molar-refractivity contribution >= 4 is 25.1 Å². The molecule has 150 valence electrons. The van der Waals surface area contributed by atoms with Crippen molar-refractivity contribution in [2.24, 2.45) is 5.73 Å². The minimum Gasteiger partial charge on any atom is -0.367 e. The molecule has 0 heterocycles. The SMILES string of the molecule is Cc1ccc(C(=O)N[C@@H](C(N)=O)P(=O)(OC(C)C)OC(C)C)cc1[N+](=O)[O-]. The monoisotopic (exact) mass is 401 g/mol. The van der Waals surface area contributed by atoms with Crippen LogP contribution >= 0.6 is 7.60 Å². The maximum Gasteiger partial charge on any atom is 0.362 e. The standard InChI is InChI=1S/C16H24N3O7P/c1-9(2)25-27(24,26-10(3)4)16(14(17)20)18-15(21)12-7-6-11(5)13(8-12)19(22)23/h6-10,16H,1-5H3,(H2,17,20)(H,18,21)/t16-/m1/s1. The zero-order chi connectivity index (χ0) is 20.9. The first-order valence-electron chi connectivity index (χ1n) is 8.19. The molecule has 11 heteroatoms. The van der Waals surface area contributed by atoms with E-state index in [-0.39, 0.29) is 11.3 Å². The summed E-state index contributed by atoms with van der Waals surface area (Å²) in [5.41, 5.74) is 5.31. The Hall–Kier alpha value is -2.29. The number of nitrogens with zero attached hydrogens (tertiary/aromatic N) is 1. The summed E-state index contributed by atoms with van der Waals surface area (Å²) in [7, 11) is -4.15. The molecule has 3 N–H and O–H groups in total. The molecule has 0 aromatic heterocycles.